The van der Waals surface area contributed by atoms with Crippen molar-refractivity contribution in [2.75, 3.05) is 37.7 Å². The zero-order chi connectivity index (χ0) is 35.2. The number of fused-ring (bicyclic) bond motifs is 7. The molecule has 7 rings (SSSR count). The van der Waals surface area contributed by atoms with E-state index in [2.05, 4.69) is 70.5 Å². The Morgan fingerprint density at radius 3 is 2.39 bits per heavy atom. The van der Waals surface area contributed by atoms with Crippen LogP contribution in [0.1, 0.15) is 119 Å². The molecule has 0 aromatic heterocycles. The maximum Gasteiger partial charge on any atom is 0.152 e. The maximum atomic E-state index is 12.0. The molecular formula is C42H68N2O4S. The first-order chi connectivity index (χ1) is 23.0. The molecule has 4 saturated carbocycles. The number of hydrogen-bond acceptors (Lipinski definition) is 6. The van der Waals surface area contributed by atoms with Crippen molar-refractivity contribution in [1.29, 1.82) is 0 Å². The Hall–Kier alpha value is -0.990. The molecule has 276 valence electrons. The van der Waals surface area contributed by atoms with Gasteiger partial charge < -0.3 is 20.4 Å². The lowest BCUT2D eigenvalue weighted by atomic mass is 9.33. The van der Waals surface area contributed by atoms with E-state index in [1.54, 1.807) is 5.57 Å². The van der Waals surface area contributed by atoms with Gasteiger partial charge >= 0.3 is 0 Å². The van der Waals surface area contributed by atoms with Crippen molar-refractivity contribution in [3.63, 3.8) is 0 Å². The standard InChI is InChI=1S/C42H68N2O4S/c1-28(2)31-12-17-42(43-20-21-44-22-24-49(47,48)25-23-44)19-18-40(6)33(37(31)42)10-11-35-39(5)15-13-32(30-9-8-29(26-30)27-36(45)46)38(3,4)34(39)14-16-41(35,40)7/h13,26,29,31,33-37,43,45-46H,1,8-12,14-25,27H2,2-7H3/t29?,31-,33+,34-,35+,37+,39-,40+,41+,42-/m0/s1. The second kappa shape index (κ2) is 12.6. The van der Waals surface area contributed by atoms with Crippen LogP contribution in [0.3, 0.4) is 0 Å². The first-order valence-electron chi connectivity index (χ1n) is 20.1. The third-order valence-corrected chi connectivity index (χ3v) is 18.7. The lowest BCUT2D eigenvalue weighted by molar-refractivity contribution is -0.221. The first-order valence-corrected chi connectivity index (χ1v) is 21.9. The Morgan fingerprint density at radius 1 is 0.959 bits per heavy atom. The number of sulfone groups is 1. The van der Waals surface area contributed by atoms with Gasteiger partial charge in [0.2, 0.25) is 0 Å². The average molecular weight is 697 g/mol. The molecule has 1 heterocycles. The predicted molar refractivity (Wildman–Crippen MR) is 199 cm³/mol. The smallest absolute Gasteiger partial charge is 0.152 e. The van der Waals surface area contributed by atoms with Crippen molar-refractivity contribution in [3.8, 4) is 0 Å². The van der Waals surface area contributed by atoms with Crippen molar-refractivity contribution in [3.05, 3.63) is 35.5 Å². The summed E-state index contributed by atoms with van der Waals surface area (Å²) in [6.07, 6.45) is 17.8. The third kappa shape index (κ3) is 5.81. The van der Waals surface area contributed by atoms with Crippen LogP contribution in [-0.2, 0) is 9.84 Å². The number of hydrogen-bond donors (Lipinski definition) is 3. The number of rotatable bonds is 8. The van der Waals surface area contributed by atoms with Gasteiger partial charge in [-0.1, -0.05) is 58.9 Å². The molecule has 1 saturated heterocycles. The van der Waals surface area contributed by atoms with Crippen molar-refractivity contribution in [2.24, 2.45) is 57.2 Å². The fraction of sp³-hybridized carbons (Fsp3) is 0.857. The van der Waals surface area contributed by atoms with Gasteiger partial charge in [-0.25, -0.2) is 8.42 Å². The molecule has 7 heteroatoms. The van der Waals surface area contributed by atoms with Gasteiger partial charge in [0.15, 0.2) is 16.1 Å². The molecule has 49 heavy (non-hydrogen) atoms. The lowest BCUT2D eigenvalue weighted by Crippen LogP contribution is -2.68. The topological polar surface area (TPSA) is 89.9 Å². The summed E-state index contributed by atoms with van der Waals surface area (Å²) in [5.41, 5.74) is 5.61. The minimum atomic E-state index is -2.85. The van der Waals surface area contributed by atoms with Crippen molar-refractivity contribution in [2.45, 2.75) is 130 Å². The Kier molecular flexibility index (Phi) is 9.32. The van der Waals surface area contributed by atoms with Crippen LogP contribution in [0.4, 0.5) is 0 Å². The van der Waals surface area contributed by atoms with Gasteiger partial charge in [-0.2, -0.15) is 0 Å². The summed E-state index contributed by atoms with van der Waals surface area (Å²) >= 11 is 0. The van der Waals surface area contributed by atoms with Crippen molar-refractivity contribution in [1.82, 2.24) is 10.2 Å². The second-order valence-electron chi connectivity index (χ2n) is 19.5. The molecule has 7 aliphatic rings. The summed E-state index contributed by atoms with van der Waals surface area (Å²) < 4.78 is 24.0. The highest BCUT2D eigenvalue weighted by atomic mass is 32.2. The normalized spacial score (nSPS) is 45.9. The van der Waals surface area contributed by atoms with Crippen LogP contribution in [0.25, 0.3) is 0 Å². The number of aliphatic hydroxyl groups is 2. The Morgan fingerprint density at radius 2 is 1.69 bits per heavy atom. The van der Waals surface area contributed by atoms with Crippen LogP contribution in [0.2, 0.25) is 0 Å². The van der Waals surface area contributed by atoms with Gasteiger partial charge in [0.1, 0.15) is 0 Å². The average Bonchev–Trinajstić information content (AvgIpc) is 3.63. The predicted octanol–water partition coefficient (Wildman–Crippen LogP) is 7.29. The minimum absolute atomic E-state index is 0.116. The summed E-state index contributed by atoms with van der Waals surface area (Å²) in [4.78, 5) is 2.36. The van der Waals surface area contributed by atoms with Crippen LogP contribution in [-0.4, -0.2) is 73.0 Å². The Balaban J connectivity index is 1.13. The van der Waals surface area contributed by atoms with Gasteiger partial charge in [0.25, 0.3) is 0 Å². The molecule has 0 spiro atoms. The molecule has 0 bridgehead atoms. The Labute approximate surface area is 298 Å². The number of allylic oxidation sites excluding steroid dienone is 5. The maximum absolute atomic E-state index is 12.0. The van der Waals surface area contributed by atoms with E-state index < -0.39 is 16.1 Å². The Bertz CT molecular complexity index is 1470. The van der Waals surface area contributed by atoms with Crippen LogP contribution in [0, 0.1) is 57.2 Å². The molecule has 6 nitrogen and oxygen atoms in total. The van der Waals surface area contributed by atoms with Gasteiger partial charge in [-0.3, -0.25) is 0 Å². The summed E-state index contributed by atoms with van der Waals surface area (Å²) in [5, 5.41) is 23.5. The van der Waals surface area contributed by atoms with E-state index in [-0.39, 0.29) is 22.3 Å². The van der Waals surface area contributed by atoms with Crippen LogP contribution >= 0.6 is 0 Å². The molecule has 10 atom stereocenters. The summed E-state index contributed by atoms with van der Waals surface area (Å²) in [6, 6.07) is 0. The molecule has 0 amide bonds. The number of aliphatic hydroxyl groups excluding tert-OH is 1. The zero-order valence-corrected chi connectivity index (χ0v) is 32.5. The van der Waals surface area contributed by atoms with Crippen LogP contribution in [0.5, 0.6) is 0 Å². The molecule has 5 fully saturated rings. The van der Waals surface area contributed by atoms with Crippen LogP contribution in [0.15, 0.2) is 35.5 Å². The van der Waals surface area contributed by atoms with E-state index in [0.29, 0.717) is 71.4 Å². The zero-order valence-electron chi connectivity index (χ0n) is 31.7. The fourth-order valence-electron chi connectivity index (χ4n) is 14.5. The molecule has 6 aliphatic carbocycles. The SMILES string of the molecule is C=C(C)[C@@H]1CC[C@]2(NCCN3CCS(=O)(=O)CC3)CC[C@]3(C)[C@H](CC[C@@H]4[C@@]5(C)CC=C(C6=CC(CC(O)O)CC6)C(C)(C)[C@@H]5CC[C@]43C)[C@@H]12. The number of nitrogens with zero attached hydrogens (tertiary/aromatic N) is 1. The van der Waals surface area contributed by atoms with Gasteiger partial charge in [-0.05, 0) is 146 Å². The molecule has 0 aromatic rings. The highest BCUT2D eigenvalue weighted by Gasteiger charge is 2.70. The van der Waals surface area contributed by atoms with Gasteiger partial charge in [-0.15, -0.1) is 0 Å². The minimum Gasteiger partial charge on any atom is -0.368 e. The van der Waals surface area contributed by atoms with E-state index in [0.717, 1.165) is 25.9 Å². The quantitative estimate of drug-likeness (QED) is 0.183. The molecule has 1 unspecified atom stereocenters. The van der Waals surface area contributed by atoms with Gasteiger partial charge in [0, 0.05) is 38.1 Å². The van der Waals surface area contributed by atoms with E-state index in [1.165, 1.54) is 68.9 Å². The van der Waals surface area contributed by atoms with Crippen LogP contribution < -0.4 is 5.32 Å². The summed E-state index contributed by atoms with van der Waals surface area (Å²) in [6.45, 7) is 23.3. The first kappa shape index (κ1) is 36.4. The van der Waals surface area contributed by atoms with Crippen molar-refractivity contribution >= 4 is 9.84 Å². The van der Waals surface area contributed by atoms with Gasteiger partial charge in [0.05, 0.1) is 11.5 Å². The van der Waals surface area contributed by atoms with Crippen molar-refractivity contribution < 1.29 is 18.6 Å². The fourth-order valence-corrected chi connectivity index (χ4v) is 15.8. The molecular weight excluding hydrogens is 629 g/mol. The molecule has 3 N–H and O–H groups in total. The number of nitrogens with one attached hydrogen (secondary N) is 1. The molecule has 1 aliphatic heterocycles. The third-order valence-electron chi connectivity index (χ3n) is 17.1. The van der Waals surface area contributed by atoms with E-state index in [4.69, 9.17) is 0 Å². The monoisotopic (exact) mass is 696 g/mol. The van der Waals surface area contributed by atoms with E-state index in [9.17, 15) is 18.6 Å². The summed E-state index contributed by atoms with van der Waals surface area (Å²) in [7, 11) is -2.85. The summed E-state index contributed by atoms with van der Waals surface area (Å²) in [5.74, 6) is 4.17. The van der Waals surface area contributed by atoms with E-state index in [1.807, 2.05) is 0 Å². The lowest BCUT2D eigenvalue weighted by Gasteiger charge is -2.72. The molecule has 0 radical (unpaired) electrons. The van der Waals surface area contributed by atoms with E-state index >= 15 is 0 Å². The highest BCUT2D eigenvalue weighted by Crippen LogP contribution is 2.76. The largest absolute Gasteiger partial charge is 0.368 e. The highest BCUT2D eigenvalue weighted by molar-refractivity contribution is 7.91. The second-order valence-corrected chi connectivity index (χ2v) is 21.8. The molecule has 0 aromatic carbocycles.